The maximum atomic E-state index is 12.6. The number of aryl methyl sites for hydroxylation is 1. The third-order valence-electron chi connectivity index (χ3n) is 4.71. The Morgan fingerprint density at radius 2 is 2.08 bits per heavy atom. The van der Waals surface area contributed by atoms with E-state index in [-0.39, 0.29) is 5.91 Å². The molecular weight excluding hydrogens is 306 g/mol. The lowest BCUT2D eigenvalue weighted by Gasteiger charge is -2.24. The molecule has 0 bridgehead atoms. The van der Waals surface area contributed by atoms with Crippen LogP contribution in [-0.2, 0) is 16.0 Å². The number of carboxylic acid groups (broad SMARTS) is 1. The highest BCUT2D eigenvalue weighted by atomic mass is 16.5. The number of amides is 1. The van der Waals surface area contributed by atoms with E-state index in [0.29, 0.717) is 24.3 Å². The van der Waals surface area contributed by atoms with Crippen molar-refractivity contribution in [3.8, 4) is 0 Å². The molecule has 1 unspecified atom stereocenters. The minimum Gasteiger partial charge on any atom is -0.478 e. The SMILES string of the molecule is COCCC1CCCCN(C(=O)CCc2ccccc2C(=O)O)C1. The number of nitrogens with zero attached hydrogens (tertiary/aromatic N) is 1. The second-order valence-electron chi connectivity index (χ2n) is 6.45. The molecule has 0 aliphatic carbocycles. The van der Waals surface area contributed by atoms with Gasteiger partial charge in [-0.1, -0.05) is 24.6 Å². The summed E-state index contributed by atoms with van der Waals surface area (Å²) in [5, 5.41) is 9.23. The van der Waals surface area contributed by atoms with Crippen LogP contribution >= 0.6 is 0 Å². The second-order valence-corrected chi connectivity index (χ2v) is 6.45. The van der Waals surface area contributed by atoms with Gasteiger partial charge in [0, 0.05) is 33.2 Å². The van der Waals surface area contributed by atoms with Crippen molar-refractivity contribution in [2.24, 2.45) is 5.92 Å². The van der Waals surface area contributed by atoms with Crippen molar-refractivity contribution in [2.45, 2.75) is 38.5 Å². The normalized spacial score (nSPS) is 18.2. The van der Waals surface area contributed by atoms with Crippen LogP contribution in [0, 0.1) is 5.92 Å². The predicted octanol–water partition coefficient (Wildman–Crippen LogP) is 2.98. The molecule has 1 N–H and O–H groups in total. The van der Waals surface area contributed by atoms with Crippen LogP contribution in [0.2, 0.25) is 0 Å². The summed E-state index contributed by atoms with van der Waals surface area (Å²) in [5.74, 6) is -0.310. The first-order chi connectivity index (χ1) is 11.6. The van der Waals surface area contributed by atoms with Gasteiger partial charge in [-0.3, -0.25) is 4.79 Å². The first-order valence-electron chi connectivity index (χ1n) is 8.69. The molecule has 0 aromatic heterocycles. The van der Waals surface area contributed by atoms with Crippen molar-refractivity contribution in [1.29, 1.82) is 0 Å². The molecule has 1 aliphatic heterocycles. The van der Waals surface area contributed by atoms with Gasteiger partial charge in [-0.05, 0) is 43.2 Å². The van der Waals surface area contributed by atoms with Gasteiger partial charge in [0.25, 0.3) is 0 Å². The van der Waals surface area contributed by atoms with Gasteiger partial charge in [0.15, 0.2) is 0 Å². The van der Waals surface area contributed by atoms with E-state index >= 15 is 0 Å². The van der Waals surface area contributed by atoms with Crippen LogP contribution in [0.25, 0.3) is 0 Å². The van der Waals surface area contributed by atoms with E-state index < -0.39 is 5.97 Å². The lowest BCUT2D eigenvalue weighted by atomic mass is 9.99. The van der Waals surface area contributed by atoms with Gasteiger partial charge < -0.3 is 14.7 Å². The van der Waals surface area contributed by atoms with Gasteiger partial charge >= 0.3 is 5.97 Å². The van der Waals surface area contributed by atoms with Crippen LogP contribution in [0.5, 0.6) is 0 Å². The Balaban J connectivity index is 1.92. The van der Waals surface area contributed by atoms with Gasteiger partial charge in [0.2, 0.25) is 5.91 Å². The van der Waals surface area contributed by atoms with E-state index in [1.165, 1.54) is 0 Å². The summed E-state index contributed by atoms with van der Waals surface area (Å²) in [7, 11) is 1.71. The molecule has 132 valence electrons. The number of hydrogen-bond acceptors (Lipinski definition) is 3. The third kappa shape index (κ3) is 5.34. The van der Waals surface area contributed by atoms with Crippen LogP contribution in [0.3, 0.4) is 0 Å². The average Bonchev–Trinajstić information content (AvgIpc) is 2.83. The summed E-state index contributed by atoms with van der Waals surface area (Å²) in [5.41, 5.74) is 1.02. The number of carbonyl (C=O) groups excluding carboxylic acids is 1. The molecule has 1 aliphatic rings. The fourth-order valence-corrected chi connectivity index (χ4v) is 3.32. The maximum Gasteiger partial charge on any atom is 0.335 e. The summed E-state index contributed by atoms with van der Waals surface area (Å²) in [6.45, 7) is 2.34. The monoisotopic (exact) mass is 333 g/mol. The topological polar surface area (TPSA) is 66.8 Å². The summed E-state index contributed by atoms with van der Waals surface area (Å²) < 4.78 is 5.16. The summed E-state index contributed by atoms with van der Waals surface area (Å²) >= 11 is 0. The first-order valence-corrected chi connectivity index (χ1v) is 8.69. The van der Waals surface area contributed by atoms with Gasteiger partial charge in [-0.15, -0.1) is 0 Å². The Bertz CT molecular complexity index is 558. The molecule has 1 saturated heterocycles. The molecule has 2 rings (SSSR count). The maximum absolute atomic E-state index is 12.6. The Kier molecular flexibility index (Phi) is 7.25. The van der Waals surface area contributed by atoms with Crippen molar-refractivity contribution in [3.63, 3.8) is 0 Å². The molecule has 1 heterocycles. The highest BCUT2D eigenvalue weighted by Gasteiger charge is 2.22. The third-order valence-corrected chi connectivity index (χ3v) is 4.71. The average molecular weight is 333 g/mol. The summed E-state index contributed by atoms with van der Waals surface area (Å²) in [4.78, 5) is 25.8. The standard InChI is InChI=1S/C19H27NO4/c1-24-13-11-15-6-4-5-12-20(14-15)18(21)10-9-16-7-2-3-8-17(16)19(22)23/h2-3,7-8,15H,4-6,9-14H2,1H3,(H,22,23). The summed E-state index contributed by atoms with van der Waals surface area (Å²) in [6, 6.07) is 6.92. The number of benzene rings is 1. The molecule has 0 spiro atoms. The fraction of sp³-hybridized carbons (Fsp3) is 0.579. The number of ether oxygens (including phenoxy) is 1. The molecule has 1 aromatic carbocycles. The van der Waals surface area contributed by atoms with E-state index in [4.69, 9.17) is 4.74 Å². The minimum absolute atomic E-state index is 0.125. The number of carboxylic acids is 1. The van der Waals surface area contributed by atoms with E-state index in [2.05, 4.69) is 0 Å². The Morgan fingerprint density at radius 1 is 1.29 bits per heavy atom. The number of likely N-dealkylation sites (tertiary alicyclic amines) is 1. The summed E-state index contributed by atoms with van der Waals surface area (Å²) in [6.07, 6.45) is 5.17. The van der Waals surface area contributed by atoms with Crippen molar-refractivity contribution in [1.82, 2.24) is 4.90 Å². The molecule has 24 heavy (non-hydrogen) atoms. The number of hydrogen-bond donors (Lipinski definition) is 1. The van der Waals surface area contributed by atoms with Gasteiger partial charge in [0.1, 0.15) is 0 Å². The quantitative estimate of drug-likeness (QED) is 0.833. The number of rotatable bonds is 7. The largest absolute Gasteiger partial charge is 0.478 e. The minimum atomic E-state index is -0.938. The zero-order chi connectivity index (χ0) is 17.4. The first kappa shape index (κ1) is 18.5. The van der Waals surface area contributed by atoms with Crippen molar-refractivity contribution in [3.05, 3.63) is 35.4 Å². The lowest BCUT2D eigenvalue weighted by Crippen LogP contribution is -2.35. The Hall–Kier alpha value is -1.88. The zero-order valence-electron chi connectivity index (χ0n) is 14.4. The zero-order valence-corrected chi connectivity index (χ0v) is 14.4. The van der Waals surface area contributed by atoms with E-state index in [1.54, 1.807) is 25.3 Å². The number of aromatic carboxylic acids is 1. The molecule has 5 heteroatoms. The molecule has 1 amide bonds. The predicted molar refractivity (Wildman–Crippen MR) is 92.1 cm³/mol. The van der Waals surface area contributed by atoms with Gasteiger partial charge in [-0.25, -0.2) is 4.79 Å². The second kappa shape index (κ2) is 9.42. The van der Waals surface area contributed by atoms with E-state index in [1.807, 2.05) is 11.0 Å². The highest BCUT2D eigenvalue weighted by molar-refractivity contribution is 5.89. The molecule has 1 aromatic rings. The molecule has 1 fully saturated rings. The van der Waals surface area contributed by atoms with Crippen molar-refractivity contribution in [2.75, 3.05) is 26.8 Å². The molecule has 1 atom stereocenters. The Labute approximate surface area is 143 Å². The highest BCUT2D eigenvalue weighted by Crippen LogP contribution is 2.21. The molecule has 5 nitrogen and oxygen atoms in total. The van der Waals surface area contributed by atoms with Crippen LogP contribution in [0.15, 0.2) is 24.3 Å². The lowest BCUT2D eigenvalue weighted by molar-refractivity contribution is -0.131. The fourth-order valence-electron chi connectivity index (χ4n) is 3.32. The molecular formula is C19H27NO4. The molecule has 0 radical (unpaired) electrons. The van der Waals surface area contributed by atoms with Crippen LogP contribution in [-0.4, -0.2) is 48.7 Å². The van der Waals surface area contributed by atoms with E-state index in [9.17, 15) is 14.7 Å². The number of methoxy groups -OCH3 is 1. The molecule has 0 saturated carbocycles. The van der Waals surface area contributed by atoms with Crippen molar-refractivity contribution >= 4 is 11.9 Å². The van der Waals surface area contributed by atoms with Crippen LogP contribution in [0.1, 0.15) is 48.0 Å². The van der Waals surface area contributed by atoms with Crippen molar-refractivity contribution < 1.29 is 19.4 Å². The number of carbonyl (C=O) groups is 2. The van der Waals surface area contributed by atoms with Crippen LogP contribution < -0.4 is 0 Å². The van der Waals surface area contributed by atoms with E-state index in [0.717, 1.165) is 50.9 Å². The van der Waals surface area contributed by atoms with Gasteiger partial charge in [-0.2, -0.15) is 0 Å². The van der Waals surface area contributed by atoms with Crippen LogP contribution in [0.4, 0.5) is 0 Å². The Morgan fingerprint density at radius 3 is 2.83 bits per heavy atom. The smallest absolute Gasteiger partial charge is 0.335 e. The van der Waals surface area contributed by atoms with Gasteiger partial charge in [0.05, 0.1) is 5.56 Å².